The van der Waals surface area contributed by atoms with Crippen LogP contribution in [0.1, 0.15) is 46.5 Å². The lowest BCUT2D eigenvalue weighted by Gasteiger charge is -2.28. The molecule has 3 aliphatic rings. The van der Waals surface area contributed by atoms with Crippen molar-refractivity contribution in [3.05, 3.63) is 0 Å². The number of hydrogen-bond donors (Lipinski definition) is 1. The van der Waals surface area contributed by atoms with Crippen LogP contribution >= 0.6 is 0 Å². The van der Waals surface area contributed by atoms with Gasteiger partial charge in [0.15, 0.2) is 0 Å². The molecule has 2 heterocycles. The van der Waals surface area contributed by atoms with Gasteiger partial charge in [-0.25, -0.2) is 0 Å². The Morgan fingerprint density at radius 3 is 2.65 bits per heavy atom. The monoisotopic (exact) mass is 236 g/mol. The highest BCUT2D eigenvalue weighted by Gasteiger charge is 2.44. The van der Waals surface area contributed by atoms with Gasteiger partial charge in [0.25, 0.3) is 0 Å². The summed E-state index contributed by atoms with van der Waals surface area (Å²) in [6.07, 6.45) is 5.67. The summed E-state index contributed by atoms with van der Waals surface area (Å²) in [5, 5.41) is 3.73. The third kappa shape index (κ3) is 2.26. The Morgan fingerprint density at radius 1 is 1.18 bits per heavy atom. The van der Waals surface area contributed by atoms with Crippen LogP contribution in [0.25, 0.3) is 0 Å². The highest BCUT2D eigenvalue weighted by molar-refractivity contribution is 4.99. The molecule has 2 nitrogen and oxygen atoms in total. The maximum atomic E-state index is 3.73. The fourth-order valence-corrected chi connectivity index (χ4v) is 4.70. The van der Waals surface area contributed by atoms with Gasteiger partial charge in [-0.15, -0.1) is 0 Å². The van der Waals surface area contributed by atoms with Crippen molar-refractivity contribution in [2.24, 2.45) is 17.3 Å². The fraction of sp³-hybridized carbons (Fsp3) is 1.00. The van der Waals surface area contributed by atoms with Crippen LogP contribution in [0, 0.1) is 17.3 Å². The summed E-state index contributed by atoms with van der Waals surface area (Å²) in [5.74, 6) is 1.84. The molecule has 17 heavy (non-hydrogen) atoms. The van der Waals surface area contributed by atoms with Gasteiger partial charge in [0.05, 0.1) is 0 Å². The number of fused-ring (bicyclic) bond motifs is 1. The molecular weight excluding hydrogens is 208 g/mol. The number of piperidine rings is 1. The van der Waals surface area contributed by atoms with Crippen molar-refractivity contribution in [1.29, 1.82) is 0 Å². The SMILES string of the molecule is CC1CC(C)(C)CC1N1CC2CCCNC2C1. The summed E-state index contributed by atoms with van der Waals surface area (Å²) < 4.78 is 0. The van der Waals surface area contributed by atoms with Gasteiger partial charge < -0.3 is 5.32 Å². The van der Waals surface area contributed by atoms with Crippen molar-refractivity contribution in [2.75, 3.05) is 19.6 Å². The fourth-order valence-electron chi connectivity index (χ4n) is 4.70. The van der Waals surface area contributed by atoms with Gasteiger partial charge in [-0.3, -0.25) is 4.90 Å². The zero-order valence-electron chi connectivity index (χ0n) is 11.7. The molecule has 2 heteroatoms. The Labute approximate surface area is 106 Å². The van der Waals surface area contributed by atoms with Gasteiger partial charge in [-0.1, -0.05) is 20.8 Å². The van der Waals surface area contributed by atoms with Crippen molar-refractivity contribution in [3.8, 4) is 0 Å². The number of hydrogen-bond acceptors (Lipinski definition) is 2. The predicted octanol–water partition coefficient (Wildman–Crippen LogP) is 2.49. The molecule has 0 aromatic rings. The summed E-state index contributed by atoms with van der Waals surface area (Å²) in [6.45, 7) is 11.3. The molecule has 3 fully saturated rings. The number of nitrogens with one attached hydrogen (secondary N) is 1. The third-order valence-corrected chi connectivity index (χ3v) is 5.39. The Hall–Kier alpha value is -0.0800. The lowest BCUT2D eigenvalue weighted by atomic mass is 9.91. The molecule has 3 rings (SSSR count). The van der Waals surface area contributed by atoms with E-state index >= 15 is 0 Å². The Morgan fingerprint density at radius 2 is 2.00 bits per heavy atom. The Bertz CT molecular complexity index is 273. The van der Waals surface area contributed by atoms with E-state index in [1.165, 1.54) is 45.3 Å². The van der Waals surface area contributed by atoms with Crippen LogP contribution in [0.15, 0.2) is 0 Å². The van der Waals surface area contributed by atoms with Crippen LogP contribution in [-0.4, -0.2) is 36.6 Å². The molecule has 1 aliphatic carbocycles. The zero-order valence-corrected chi connectivity index (χ0v) is 11.7. The van der Waals surface area contributed by atoms with Gasteiger partial charge >= 0.3 is 0 Å². The van der Waals surface area contributed by atoms with Gasteiger partial charge in [-0.05, 0) is 49.5 Å². The van der Waals surface area contributed by atoms with Crippen LogP contribution in [0.2, 0.25) is 0 Å². The number of nitrogens with zero attached hydrogens (tertiary/aromatic N) is 1. The van der Waals surface area contributed by atoms with Gasteiger partial charge in [0.2, 0.25) is 0 Å². The van der Waals surface area contributed by atoms with E-state index in [0.717, 1.165) is 23.9 Å². The molecule has 1 saturated carbocycles. The minimum atomic E-state index is 0.575. The van der Waals surface area contributed by atoms with Crippen molar-refractivity contribution in [2.45, 2.75) is 58.5 Å². The number of likely N-dealkylation sites (tertiary alicyclic amines) is 1. The zero-order chi connectivity index (χ0) is 12.0. The van der Waals surface area contributed by atoms with Gasteiger partial charge in [0, 0.05) is 25.2 Å². The van der Waals surface area contributed by atoms with E-state index in [1.807, 2.05) is 0 Å². The molecule has 0 bridgehead atoms. The first-order valence-electron chi connectivity index (χ1n) is 7.53. The average Bonchev–Trinajstić information content (AvgIpc) is 2.78. The summed E-state index contributed by atoms with van der Waals surface area (Å²) in [4.78, 5) is 2.81. The Kier molecular flexibility index (Phi) is 2.99. The van der Waals surface area contributed by atoms with E-state index in [2.05, 4.69) is 31.0 Å². The number of rotatable bonds is 1. The first-order chi connectivity index (χ1) is 8.05. The minimum Gasteiger partial charge on any atom is -0.312 e. The maximum Gasteiger partial charge on any atom is 0.0235 e. The molecule has 0 spiro atoms. The second kappa shape index (κ2) is 4.24. The molecule has 98 valence electrons. The van der Waals surface area contributed by atoms with Crippen molar-refractivity contribution >= 4 is 0 Å². The second-order valence-corrected chi connectivity index (χ2v) is 7.53. The first kappa shape index (κ1) is 12.0. The van der Waals surface area contributed by atoms with Crippen LogP contribution in [0.5, 0.6) is 0 Å². The highest BCUT2D eigenvalue weighted by atomic mass is 15.2. The van der Waals surface area contributed by atoms with Crippen LogP contribution in [-0.2, 0) is 0 Å². The van der Waals surface area contributed by atoms with Crippen LogP contribution in [0.4, 0.5) is 0 Å². The molecule has 0 radical (unpaired) electrons. The second-order valence-electron chi connectivity index (χ2n) is 7.53. The van der Waals surface area contributed by atoms with E-state index < -0.39 is 0 Å². The first-order valence-corrected chi connectivity index (χ1v) is 7.53. The molecule has 0 amide bonds. The molecule has 0 aromatic carbocycles. The maximum absolute atomic E-state index is 3.73. The smallest absolute Gasteiger partial charge is 0.0235 e. The van der Waals surface area contributed by atoms with E-state index in [-0.39, 0.29) is 0 Å². The van der Waals surface area contributed by atoms with Gasteiger partial charge in [0.1, 0.15) is 0 Å². The van der Waals surface area contributed by atoms with Gasteiger partial charge in [-0.2, -0.15) is 0 Å². The molecule has 1 N–H and O–H groups in total. The van der Waals surface area contributed by atoms with Crippen LogP contribution in [0.3, 0.4) is 0 Å². The van der Waals surface area contributed by atoms with E-state index in [9.17, 15) is 0 Å². The summed E-state index contributed by atoms with van der Waals surface area (Å²) in [6, 6.07) is 1.66. The third-order valence-electron chi connectivity index (χ3n) is 5.39. The molecule has 4 atom stereocenters. The minimum absolute atomic E-state index is 0.575. The Balaban J connectivity index is 1.66. The lowest BCUT2D eigenvalue weighted by molar-refractivity contribution is 0.191. The topological polar surface area (TPSA) is 15.3 Å². The molecule has 4 unspecified atom stereocenters. The molecule has 2 aliphatic heterocycles. The average molecular weight is 236 g/mol. The molecule has 2 saturated heterocycles. The largest absolute Gasteiger partial charge is 0.312 e. The summed E-state index contributed by atoms with van der Waals surface area (Å²) in [5.41, 5.74) is 0.575. The molecular formula is C15H28N2. The normalized spacial score (nSPS) is 46.1. The van der Waals surface area contributed by atoms with E-state index in [0.29, 0.717) is 5.41 Å². The van der Waals surface area contributed by atoms with Crippen molar-refractivity contribution in [1.82, 2.24) is 10.2 Å². The lowest BCUT2D eigenvalue weighted by Crippen LogP contribution is -2.41. The highest BCUT2D eigenvalue weighted by Crippen LogP contribution is 2.44. The van der Waals surface area contributed by atoms with Crippen LogP contribution < -0.4 is 5.32 Å². The summed E-state index contributed by atoms with van der Waals surface area (Å²) >= 11 is 0. The predicted molar refractivity (Wildman–Crippen MR) is 72.1 cm³/mol. The van der Waals surface area contributed by atoms with E-state index in [4.69, 9.17) is 0 Å². The van der Waals surface area contributed by atoms with Crippen molar-refractivity contribution in [3.63, 3.8) is 0 Å². The van der Waals surface area contributed by atoms with E-state index in [1.54, 1.807) is 0 Å². The standard InChI is InChI=1S/C15H28N2/c1-11-7-15(2,3)8-14(11)17-9-12-5-4-6-16-13(12)10-17/h11-14,16H,4-10H2,1-3H3. The quantitative estimate of drug-likeness (QED) is 0.752. The summed E-state index contributed by atoms with van der Waals surface area (Å²) in [7, 11) is 0. The molecule has 0 aromatic heterocycles. The van der Waals surface area contributed by atoms with Crippen molar-refractivity contribution < 1.29 is 0 Å².